The number of nitrogens with zero attached hydrogens (tertiary/aromatic N) is 2. The summed E-state index contributed by atoms with van der Waals surface area (Å²) in [4.78, 5) is 12.7. The van der Waals surface area contributed by atoms with Gasteiger partial charge in [-0.05, 0) is 23.3 Å². The molecule has 2 heterocycles. The van der Waals surface area contributed by atoms with Gasteiger partial charge in [-0.2, -0.15) is 5.10 Å². The van der Waals surface area contributed by atoms with Gasteiger partial charge in [0.05, 0.1) is 18.4 Å². The number of carbonyl (C=O) groups is 1. The molecule has 1 aliphatic heterocycles. The lowest BCUT2D eigenvalue weighted by Crippen LogP contribution is -2.28. The zero-order valence-corrected chi connectivity index (χ0v) is 16.8. The summed E-state index contributed by atoms with van der Waals surface area (Å²) >= 11 is 0. The van der Waals surface area contributed by atoms with Crippen molar-refractivity contribution in [2.75, 3.05) is 24.7 Å². The Bertz CT molecular complexity index is 882. The minimum atomic E-state index is -3.23. The highest BCUT2D eigenvalue weighted by atomic mass is 35.5. The molecule has 10 heteroatoms. The Labute approximate surface area is 165 Å². The molecule has 0 unspecified atom stereocenters. The third-order valence-electron chi connectivity index (χ3n) is 4.46. The topological polar surface area (TPSA) is 105 Å². The van der Waals surface area contributed by atoms with Crippen LogP contribution in [0.5, 0.6) is 0 Å². The lowest BCUT2D eigenvalue weighted by Gasteiger charge is -2.17. The van der Waals surface area contributed by atoms with E-state index in [1.807, 2.05) is 19.4 Å². The number of carbonyl (C=O) groups excluding carboxylic acids is 1. The fourth-order valence-corrected chi connectivity index (χ4v) is 3.52. The van der Waals surface area contributed by atoms with Gasteiger partial charge in [0, 0.05) is 44.5 Å². The van der Waals surface area contributed by atoms with Crippen LogP contribution >= 0.6 is 12.4 Å². The van der Waals surface area contributed by atoms with E-state index in [0.29, 0.717) is 12.2 Å². The largest absolute Gasteiger partial charge is 0.326 e. The number of halogens is 1. The number of rotatable bonds is 6. The molecule has 3 N–H and O–H groups in total. The average molecular weight is 414 g/mol. The first kappa shape index (κ1) is 21.4. The maximum absolute atomic E-state index is 12.7. The van der Waals surface area contributed by atoms with Crippen molar-refractivity contribution >= 4 is 34.0 Å². The second kappa shape index (κ2) is 8.83. The molecule has 27 heavy (non-hydrogen) atoms. The molecule has 2 atom stereocenters. The molecule has 2 aromatic rings. The van der Waals surface area contributed by atoms with Gasteiger partial charge in [0.2, 0.25) is 15.9 Å². The maximum atomic E-state index is 12.7. The summed E-state index contributed by atoms with van der Waals surface area (Å²) in [6.45, 7) is 1.60. The van der Waals surface area contributed by atoms with E-state index in [0.717, 1.165) is 23.9 Å². The van der Waals surface area contributed by atoms with Gasteiger partial charge in [-0.1, -0.05) is 12.1 Å². The lowest BCUT2D eigenvalue weighted by atomic mass is 9.90. The van der Waals surface area contributed by atoms with Crippen molar-refractivity contribution in [3.63, 3.8) is 0 Å². The number of anilines is 1. The van der Waals surface area contributed by atoms with Crippen LogP contribution in [0, 0.1) is 5.92 Å². The Kier molecular flexibility index (Phi) is 6.99. The predicted octanol–water partition coefficient (Wildman–Crippen LogP) is 0.833. The number of sulfonamides is 1. The highest BCUT2D eigenvalue weighted by Gasteiger charge is 2.34. The minimum absolute atomic E-state index is 0. The van der Waals surface area contributed by atoms with E-state index >= 15 is 0 Å². The van der Waals surface area contributed by atoms with Gasteiger partial charge in [-0.3, -0.25) is 9.48 Å². The van der Waals surface area contributed by atoms with Gasteiger partial charge in [0.1, 0.15) is 0 Å². The molecule has 8 nitrogen and oxygen atoms in total. The molecule has 0 spiro atoms. The smallest absolute Gasteiger partial charge is 0.229 e. The highest BCUT2D eigenvalue weighted by molar-refractivity contribution is 7.88. The van der Waals surface area contributed by atoms with Gasteiger partial charge in [0.25, 0.3) is 0 Å². The summed E-state index contributed by atoms with van der Waals surface area (Å²) in [7, 11) is -1.36. The monoisotopic (exact) mass is 413 g/mol. The van der Waals surface area contributed by atoms with Crippen molar-refractivity contribution in [1.29, 1.82) is 0 Å². The molecule has 1 aliphatic rings. The Morgan fingerprint density at radius 2 is 2.00 bits per heavy atom. The Hall–Kier alpha value is -1.94. The molecular formula is C17H24ClN5O3S. The Morgan fingerprint density at radius 1 is 1.30 bits per heavy atom. The third kappa shape index (κ3) is 5.77. The van der Waals surface area contributed by atoms with Crippen LogP contribution in [0.3, 0.4) is 0 Å². The Morgan fingerprint density at radius 3 is 2.59 bits per heavy atom. The lowest BCUT2D eigenvalue weighted by molar-refractivity contribution is -0.119. The summed E-state index contributed by atoms with van der Waals surface area (Å²) in [5, 5.41) is 10.4. The molecular weight excluding hydrogens is 390 g/mol. The second-order valence-corrected chi connectivity index (χ2v) is 8.43. The number of nitrogens with one attached hydrogen (secondary N) is 3. The van der Waals surface area contributed by atoms with Gasteiger partial charge in [0.15, 0.2) is 0 Å². The summed E-state index contributed by atoms with van der Waals surface area (Å²) in [6, 6.07) is 7.13. The van der Waals surface area contributed by atoms with E-state index in [4.69, 9.17) is 0 Å². The summed E-state index contributed by atoms with van der Waals surface area (Å²) in [6.07, 6.45) is 4.87. The predicted molar refractivity (Wildman–Crippen MR) is 106 cm³/mol. The van der Waals surface area contributed by atoms with E-state index in [2.05, 4.69) is 20.5 Å². The molecule has 1 aromatic heterocycles. The van der Waals surface area contributed by atoms with Gasteiger partial charge in [-0.15, -0.1) is 12.4 Å². The number of amides is 1. The maximum Gasteiger partial charge on any atom is 0.229 e. The molecule has 148 valence electrons. The van der Waals surface area contributed by atoms with E-state index in [1.54, 1.807) is 28.9 Å². The minimum Gasteiger partial charge on any atom is -0.326 e. The number of hydrogen-bond acceptors (Lipinski definition) is 5. The zero-order valence-electron chi connectivity index (χ0n) is 15.2. The highest BCUT2D eigenvalue weighted by Crippen LogP contribution is 2.28. The summed E-state index contributed by atoms with van der Waals surface area (Å²) < 4.78 is 26.4. The quantitative estimate of drug-likeness (QED) is 0.650. The normalized spacial score (nSPS) is 19.5. The van der Waals surface area contributed by atoms with Crippen LogP contribution in [0.25, 0.3) is 0 Å². The van der Waals surface area contributed by atoms with Crippen molar-refractivity contribution < 1.29 is 13.2 Å². The van der Waals surface area contributed by atoms with E-state index in [9.17, 15) is 13.2 Å². The fourth-order valence-electron chi connectivity index (χ4n) is 3.09. The molecule has 1 amide bonds. The molecule has 1 fully saturated rings. The first-order valence-corrected chi connectivity index (χ1v) is 10.2. The summed E-state index contributed by atoms with van der Waals surface area (Å²) in [5.41, 5.74) is 2.57. The fraction of sp³-hybridized carbons (Fsp3) is 0.412. The Balaban J connectivity index is 0.00000261. The standard InChI is InChI=1S/C17H23N5O3S.ClH/c1-22-11-13(8-19-22)15-9-18-10-16(15)17(23)21-14-5-3-12(4-6-14)7-20-26(2,24)25;/h3-6,8,11,15-16,18,20H,7,9-10H2,1-2H3,(H,21,23);1H/t15-,16+;/m1./s1. The first-order valence-electron chi connectivity index (χ1n) is 8.35. The van der Waals surface area contributed by atoms with Gasteiger partial charge in [-0.25, -0.2) is 13.1 Å². The van der Waals surface area contributed by atoms with E-state index in [-0.39, 0.29) is 36.7 Å². The van der Waals surface area contributed by atoms with E-state index in [1.165, 1.54) is 0 Å². The second-order valence-electron chi connectivity index (χ2n) is 6.60. The van der Waals surface area contributed by atoms with Crippen molar-refractivity contribution in [2.24, 2.45) is 13.0 Å². The van der Waals surface area contributed by atoms with Crippen molar-refractivity contribution in [1.82, 2.24) is 19.8 Å². The van der Waals surface area contributed by atoms with Crippen molar-refractivity contribution in [3.8, 4) is 0 Å². The first-order chi connectivity index (χ1) is 12.3. The number of aromatic nitrogens is 2. The van der Waals surface area contributed by atoms with Crippen molar-refractivity contribution in [2.45, 2.75) is 12.5 Å². The van der Waals surface area contributed by atoms with Crippen LogP contribution in [-0.4, -0.2) is 43.5 Å². The van der Waals surface area contributed by atoms with Crippen LogP contribution in [0.1, 0.15) is 17.0 Å². The van der Waals surface area contributed by atoms with Crippen LogP contribution in [0.4, 0.5) is 5.69 Å². The molecule has 0 bridgehead atoms. The molecule has 1 aromatic carbocycles. The molecule has 3 rings (SSSR count). The molecule has 0 aliphatic carbocycles. The van der Waals surface area contributed by atoms with Gasteiger partial charge < -0.3 is 10.6 Å². The average Bonchev–Trinajstić information content (AvgIpc) is 3.22. The van der Waals surface area contributed by atoms with Gasteiger partial charge >= 0.3 is 0 Å². The van der Waals surface area contributed by atoms with Crippen LogP contribution in [-0.2, 0) is 28.4 Å². The van der Waals surface area contributed by atoms with Crippen LogP contribution in [0.2, 0.25) is 0 Å². The van der Waals surface area contributed by atoms with Crippen molar-refractivity contribution in [3.05, 3.63) is 47.8 Å². The number of aryl methyl sites for hydroxylation is 1. The molecule has 0 saturated carbocycles. The number of benzene rings is 1. The van der Waals surface area contributed by atoms with Crippen LogP contribution < -0.4 is 15.4 Å². The summed E-state index contributed by atoms with van der Waals surface area (Å²) in [5.74, 6) is -0.0985. The van der Waals surface area contributed by atoms with Crippen LogP contribution in [0.15, 0.2) is 36.7 Å². The third-order valence-corrected chi connectivity index (χ3v) is 5.13. The number of hydrogen-bond donors (Lipinski definition) is 3. The van der Waals surface area contributed by atoms with E-state index < -0.39 is 10.0 Å². The SMILES string of the molecule is Cl.Cn1cc([C@H]2CNC[C@@H]2C(=O)Nc2ccc(CNS(C)(=O)=O)cc2)cn1. The molecule has 0 radical (unpaired) electrons. The molecule has 1 saturated heterocycles. The zero-order chi connectivity index (χ0) is 18.7.